The zero-order valence-electron chi connectivity index (χ0n) is 16.3. The first kappa shape index (κ1) is 17.4. The fourth-order valence-electron chi connectivity index (χ4n) is 5.44. The van der Waals surface area contributed by atoms with E-state index in [2.05, 4.69) is 27.7 Å². The van der Waals surface area contributed by atoms with Gasteiger partial charge in [0, 0.05) is 22.4 Å². The van der Waals surface area contributed by atoms with Crippen LogP contribution in [0.3, 0.4) is 0 Å². The highest BCUT2D eigenvalue weighted by molar-refractivity contribution is 5.58. The van der Waals surface area contributed by atoms with Gasteiger partial charge >= 0.3 is 0 Å². The number of benzene rings is 1. The smallest absolute Gasteiger partial charge is 0.262 e. The number of para-hydroxylation sites is 1. The average molecular weight is 351 g/mol. The molecule has 3 nitrogen and oxygen atoms in total. The second kappa shape index (κ2) is 5.73. The predicted molar refractivity (Wildman–Crippen MR) is 105 cm³/mol. The van der Waals surface area contributed by atoms with Gasteiger partial charge in [-0.2, -0.15) is 0 Å². The molecule has 1 saturated carbocycles. The Morgan fingerprint density at radius 1 is 1.19 bits per heavy atom. The SMILES string of the molecule is CCCCc1c(O)c2c(n(-c3ccccc3)c1=O)[C@]1(C)CC[C@@H]2C1(C)C. The summed E-state index contributed by atoms with van der Waals surface area (Å²) in [6.07, 6.45) is 4.72. The molecule has 2 aliphatic rings. The molecule has 0 radical (unpaired) electrons. The summed E-state index contributed by atoms with van der Waals surface area (Å²) in [5.74, 6) is 0.602. The molecular formula is C23H29NO2. The number of pyridine rings is 1. The van der Waals surface area contributed by atoms with Gasteiger partial charge < -0.3 is 5.11 Å². The Morgan fingerprint density at radius 2 is 1.88 bits per heavy atom. The lowest BCUT2D eigenvalue weighted by Crippen LogP contribution is -2.37. The van der Waals surface area contributed by atoms with Crippen LogP contribution < -0.4 is 5.56 Å². The van der Waals surface area contributed by atoms with Gasteiger partial charge in [-0.3, -0.25) is 9.36 Å². The molecule has 0 spiro atoms. The standard InChI is InChI=1S/C23H29NO2/c1-5-6-12-16-19(25)18-17-13-14-23(4,22(17,2)3)20(18)24(21(16)26)15-10-8-7-9-11-15/h7-11,17,25H,5-6,12-14H2,1-4H3/t17-,23-/m0/s1. The summed E-state index contributed by atoms with van der Waals surface area (Å²) in [5, 5.41) is 11.1. The van der Waals surface area contributed by atoms with Crippen molar-refractivity contribution >= 4 is 0 Å². The maximum Gasteiger partial charge on any atom is 0.262 e. The van der Waals surface area contributed by atoms with E-state index in [4.69, 9.17) is 0 Å². The summed E-state index contributed by atoms with van der Waals surface area (Å²) in [6.45, 7) is 9.00. The minimum absolute atomic E-state index is 0.0366. The van der Waals surface area contributed by atoms with E-state index in [-0.39, 0.29) is 22.1 Å². The monoisotopic (exact) mass is 351 g/mol. The number of aromatic nitrogens is 1. The first-order chi connectivity index (χ1) is 12.3. The van der Waals surface area contributed by atoms with Crippen molar-refractivity contribution in [3.63, 3.8) is 0 Å². The Bertz CT molecular complexity index is 910. The first-order valence-electron chi connectivity index (χ1n) is 9.91. The third-order valence-corrected chi connectivity index (χ3v) is 7.37. The molecule has 138 valence electrons. The molecule has 0 aliphatic heterocycles. The van der Waals surface area contributed by atoms with Crippen molar-refractivity contribution in [1.82, 2.24) is 4.57 Å². The number of aromatic hydroxyl groups is 1. The van der Waals surface area contributed by atoms with E-state index in [0.717, 1.165) is 42.6 Å². The van der Waals surface area contributed by atoms with Gasteiger partial charge in [0.2, 0.25) is 0 Å². The maximum absolute atomic E-state index is 13.5. The van der Waals surface area contributed by atoms with Gasteiger partial charge in [0.15, 0.2) is 0 Å². The van der Waals surface area contributed by atoms with E-state index in [1.165, 1.54) is 0 Å². The van der Waals surface area contributed by atoms with E-state index in [1.54, 1.807) is 0 Å². The second-order valence-electron chi connectivity index (χ2n) is 8.81. The molecule has 1 N–H and O–H groups in total. The Balaban J connectivity index is 2.09. The summed E-state index contributed by atoms with van der Waals surface area (Å²) < 4.78 is 1.92. The highest BCUT2D eigenvalue weighted by atomic mass is 16.3. The van der Waals surface area contributed by atoms with Crippen LogP contribution >= 0.6 is 0 Å². The first-order valence-corrected chi connectivity index (χ1v) is 9.91. The van der Waals surface area contributed by atoms with Crippen LogP contribution in [0, 0.1) is 5.41 Å². The molecule has 0 saturated heterocycles. The summed E-state index contributed by atoms with van der Waals surface area (Å²) >= 11 is 0. The quantitative estimate of drug-likeness (QED) is 0.836. The lowest BCUT2D eigenvalue weighted by molar-refractivity contribution is 0.224. The van der Waals surface area contributed by atoms with Crippen molar-refractivity contribution in [2.75, 3.05) is 0 Å². The highest BCUT2D eigenvalue weighted by Gasteiger charge is 2.62. The van der Waals surface area contributed by atoms with Crippen molar-refractivity contribution in [1.29, 1.82) is 0 Å². The van der Waals surface area contributed by atoms with E-state index < -0.39 is 0 Å². The van der Waals surface area contributed by atoms with Crippen LogP contribution in [0.1, 0.15) is 76.1 Å². The topological polar surface area (TPSA) is 42.2 Å². The van der Waals surface area contributed by atoms with Crippen LogP contribution in [0.15, 0.2) is 35.1 Å². The number of fused-ring (bicyclic) bond motifs is 5. The van der Waals surface area contributed by atoms with Crippen LogP contribution in [0.2, 0.25) is 0 Å². The van der Waals surface area contributed by atoms with E-state index in [0.29, 0.717) is 17.9 Å². The number of unbranched alkanes of at least 4 members (excludes halogenated alkanes) is 1. The second-order valence-corrected chi connectivity index (χ2v) is 8.81. The maximum atomic E-state index is 13.5. The molecule has 4 rings (SSSR count). The van der Waals surface area contributed by atoms with Crippen molar-refractivity contribution in [3.05, 3.63) is 57.5 Å². The molecule has 1 aromatic carbocycles. The number of rotatable bonds is 4. The summed E-state index contributed by atoms with van der Waals surface area (Å²) in [5.41, 5.74) is 3.51. The number of hydrogen-bond donors (Lipinski definition) is 1. The Hall–Kier alpha value is -2.03. The van der Waals surface area contributed by atoms with Crippen molar-refractivity contribution in [2.45, 2.75) is 71.1 Å². The molecule has 1 aromatic heterocycles. The molecule has 2 atom stereocenters. The van der Waals surface area contributed by atoms with Crippen LogP contribution in [-0.2, 0) is 11.8 Å². The molecule has 1 heterocycles. The van der Waals surface area contributed by atoms with E-state index in [9.17, 15) is 9.90 Å². The lowest BCUT2D eigenvalue weighted by atomic mass is 9.70. The largest absolute Gasteiger partial charge is 0.507 e. The molecule has 0 amide bonds. The third-order valence-electron chi connectivity index (χ3n) is 7.37. The zero-order chi connectivity index (χ0) is 18.7. The van der Waals surface area contributed by atoms with Gasteiger partial charge in [-0.15, -0.1) is 0 Å². The fourth-order valence-corrected chi connectivity index (χ4v) is 5.44. The summed E-state index contributed by atoms with van der Waals surface area (Å²) in [6, 6.07) is 9.95. The van der Waals surface area contributed by atoms with Crippen LogP contribution in [0.25, 0.3) is 5.69 Å². The summed E-state index contributed by atoms with van der Waals surface area (Å²) in [7, 11) is 0. The van der Waals surface area contributed by atoms with Crippen LogP contribution in [-0.4, -0.2) is 9.67 Å². The van der Waals surface area contributed by atoms with Crippen molar-refractivity contribution in [3.8, 4) is 11.4 Å². The van der Waals surface area contributed by atoms with Gasteiger partial charge in [-0.05, 0) is 49.1 Å². The van der Waals surface area contributed by atoms with Gasteiger partial charge in [0.05, 0.1) is 5.56 Å². The minimum atomic E-state index is -0.0945. The zero-order valence-corrected chi connectivity index (χ0v) is 16.3. The average Bonchev–Trinajstić information content (AvgIpc) is 2.95. The normalized spacial score (nSPS) is 25.5. The Kier molecular flexibility index (Phi) is 3.83. The molecule has 2 bridgehead atoms. The van der Waals surface area contributed by atoms with E-state index >= 15 is 0 Å². The molecular weight excluding hydrogens is 322 g/mol. The lowest BCUT2D eigenvalue weighted by Gasteiger charge is -2.36. The fraction of sp³-hybridized carbons (Fsp3) is 0.522. The minimum Gasteiger partial charge on any atom is -0.507 e. The molecule has 2 aliphatic carbocycles. The van der Waals surface area contributed by atoms with E-state index in [1.807, 2.05) is 34.9 Å². The predicted octanol–water partition coefficient (Wildman–Crippen LogP) is 5.06. The molecule has 3 heteroatoms. The number of hydrogen-bond acceptors (Lipinski definition) is 2. The Morgan fingerprint density at radius 3 is 2.54 bits per heavy atom. The molecule has 2 aromatic rings. The van der Waals surface area contributed by atoms with Crippen molar-refractivity contribution in [2.24, 2.45) is 5.41 Å². The highest BCUT2D eigenvalue weighted by Crippen LogP contribution is 2.69. The van der Waals surface area contributed by atoms with Gasteiger partial charge in [0.25, 0.3) is 5.56 Å². The third kappa shape index (κ3) is 2.03. The van der Waals surface area contributed by atoms with Crippen LogP contribution in [0.4, 0.5) is 0 Å². The van der Waals surface area contributed by atoms with Crippen molar-refractivity contribution < 1.29 is 5.11 Å². The van der Waals surface area contributed by atoms with Gasteiger partial charge in [0.1, 0.15) is 5.75 Å². The Labute approximate surface area is 155 Å². The van der Waals surface area contributed by atoms with Gasteiger partial charge in [-0.25, -0.2) is 0 Å². The molecule has 0 unspecified atom stereocenters. The summed E-state index contributed by atoms with van der Waals surface area (Å²) in [4.78, 5) is 13.5. The number of nitrogens with zero attached hydrogens (tertiary/aromatic N) is 1. The van der Waals surface area contributed by atoms with Crippen LogP contribution in [0.5, 0.6) is 5.75 Å². The molecule has 1 fully saturated rings. The van der Waals surface area contributed by atoms with Gasteiger partial charge in [-0.1, -0.05) is 52.3 Å². The molecule has 26 heavy (non-hydrogen) atoms.